The summed E-state index contributed by atoms with van der Waals surface area (Å²) in [5.74, 6) is 0. The summed E-state index contributed by atoms with van der Waals surface area (Å²) in [5, 5.41) is 2.26. The molecule has 0 amide bonds. The molecule has 0 spiro atoms. The summed E-state index contributed by atoms with van der Waals surface area (Å²) in [7, 11) is 0. The Bertz CT molecular complexity index is 1110. The smallest absolute Gasteiger partial charge is 0.124 e. The van der Waals surface area contributed by atoms with Crippen LogP contribution in [0, 0.1) is 0 Å². The number of aromatic nitrogens is 1. The topological polar surface area (TPSA) is 25.2 Å². The van der Waals surface area contributed by atoms with Crippen LogP contribution in [0.15, 0.2) is 77.8 Å². The molecule has 0 saturated heterocycles. The predicted octanol–water partition coefficient (Wildman–Crippen LogP) is 7.69. The fourth-order valence-corrected chi connectivity index (χ4v) is 4.04. The van der Waals surface area contributed by atoms with E-state index in [1.54, 1.807) is 23.6 Å². The van der Waals surface area contributed by atoms with E-state index >= 15 is 0 Å². The maximum atomic E-state index is 6.15. The molecule has 0 unspecified atom stereocenters. The van der Waals surface area contributed by atoms with Crippen molar-refractivity contribution in [2.24, 2.45) is 4.99 Å². The van der Waals surface area contributed by atoms with Crippen LogP contribution in [0.1, 0.15) is 5.56 Å². The van der Waals surface area contributed by atoms with Crippen LogP contribution < -0.4 is 0 Å². The van der Waals surface area contributed by atoms with Gasteiger partial charge in [-0.05, 0) is 60.2 Å². The molecule has 0 aliphatic rings. The molecule has 4 aromatic rings. The minimum atomic E-state index is 0.618. The van der Waals surface area contributed by atoms with Crippen LogP contribution >= 0.6 is 34.5 Å². The van der Waals surface area contributed by atoms with E-state index in [1.165, 1.54) is 4.70 Å². The third kappa shape index (κ3) is 4.28. The van der Waals surface area contributed by atoms with Gasteiger partial charge in [-0.1, -0.05) is 47.5 Å². The van der Waals surface area contributed by atoms with Gasteiger partial charge in [-0.15, -0.1) is 11.3 Å². The van der Waals surface area contributed by atoms with E-state index in [1.807, 2.05) is 66.7 Å². The summed E-state index contributed by atoms with van der Waals surface area (Å²) in [6, 6.07) is 21.6. The van der Waals surface area contributed by atoms with Crippen LogP contribution in [0.4, 0.5) is 5.69 Å². The van der Waals surface area contributed by atoms with Crippen LogP contribution in [-0.2, 0) is 0 Å². The number of nitrogens with zero attached hydrogens (tertiary/aromatic N) is 2. The van der Waals surface area contributed by atoms with Crippen molar-refractivity contribution < 1.29 is 0 Å². The lowest BCUT2D eigenvalue weighted by Gasteiger charge is -1.98. The highest BCUT2D eigenvalue weighted by Crippen LogP contribution is 2.30. The van der Waals surface area contributed by atoms with Gasteiger partial charge >= 0.3 is 0 Å². The Kier molecular flexibility index (Phi) is 5.35. The number of rotatable bonds is 4. The molecule has 1 aromatic heterocycles. The van der Waals surface area contributed by atoms with Crippen LogP contribution in [0.2, 0.25) is 10.0 Å². The lowest BCUT2D eigenvalue weighted by molar-refractivity contribution is 1.46. The fourth-order valence-electron chi connectivity index (χ4n) is 2.60. The first-order chi connectivity index (χ1) is 13.2. The molecule has 2 nitrogen and oxygen atoms in total. The van der Waals surface area contributed by atoms with Gasteiger partial charge in [0, 0.05) is 21.8 Å². The second-order valence-corrected chi connectivity index (χ2v) is 7.71. The number of halogens is 2. The lowest BCUT2D eigenvalue weighted by atomic mass is 10.2. The average molecular weight is 409 g/mol. The molecule has 4 rings (SSSR count). The maximum Gasteiger partial charge on any atom is 0.124 e. The van der Waals surface area contributed by atoms with E-state index in [2.05, 4.69) is 16.0 Å². The summed E-state index contributed by atoms with van der Waals surface area (Å²) in [6.07, 6.45) is 5.51. The van der Waals surface area contributed by atoms with Crippen molar-refractivity contribution in [2.45, 2.75) is 0 Å². The first kappa shape index (κ1) is 17.9. The van der Waals surface area contributed by atoms with Gasteiger partial charge in [0.2, 0.25) is 0 Å². The molecule has 0 fully saturated rings. The molecular weight excluding hydrogens is 395 g/mol. The quantitative estimate of drug-likeness (QED) is 0.317. The Balaban J connectivity index is 1.47. The largest absolute Gasteiger partial charge is 0.257 e. The molecule has 0 bridgehead atoms. The standard InChI is InChI=1S/C22H14Cl2N2S/c23-17-10-7-15(19(24)14-17)4-3-13-25-18-11-8-16(9-12-18)22-26-20-5-1-2-6-21(20)27-22/h1-14H/b4-3+,25-13?. The van der Waals surface area contributed by atoms with Gasteiger partial charge in [-0.25, -0.2) is 4.98 Å². The fraction of sp³-hybridized carbons (Fsp3) is 0. The zero-order chi connectivity index (χ0) is 18.6. The molecule has 0 N–H and O–H groups in total. The number of hydrogen-bond acceptors (Lipinski definition) is 3. The molecular formula is C22H14Cl2N2S. The predicted molar refractivity (Wildman–Crippen MR) is 119 cm³/mol. The summed E-state index contributed by atoms with van der Waals surface area (Å²) < 4.78 is 1.19. The zero-order valence-corrected chi connectivity index (χ0v) is 16.5. The van der Waals surface area contributed by atoms with Gasteiger partial charge in [-0.2, -0.15) is 0 Å². The molecule has 5 heteroatoms. The first-order valence-electron chi connectivity index (χ1n) is 8.31. The van der Waals surface area contributed by atoms with Crippen LogP contribution in [-0.4, -0.2) is 11.2 Å². The van der Waals surface area contributed by atoms with Crippen molar-refractivity contribution in [2.75, 3.05) is 0 Å². The van der Waals surface area contributed by atoms with Gasteiger partial charge in [0.05, 0.1) is 15.9 Å². The van der Waals surface area contributed by atoms with Crippen LogP contribution in [0.25, 0.3) is 26.9 Å². The number of thiazole rings is 1. The van der Waals surface area contributed by atoms with E-state index < -0.39 is 0 Å². The van der Waals surface area contributed by atoms with Crippen molar-refractivity contribution >= 4 is 62.7 Å². The highest BCUT2D eigenvalue weighted by atomic mass is 35.5. The van der Waals surface area contributed by atoms with Gasteiger partial charge in [0.1, 0.15) is 5.01 Å². The Morgan fingerprint density at radius 2 is 1.74 bits per heavy atom. The summed E-state index contributed by atoms with van der Waals surface area (Å²) in [5.41, 5.74) is 3.91. The normalized spacial score (nSPS) is 11.8. The van der Waals surface area contributed by atoms with Crippen LogP contribution in [0.5, 0.6) is 0 Å². The monoisotopic (exact) mass is 408 g/mol. The highest BCUT2D eigenvalue weighted by Gasteiger charge is 2.05. The summed E-state index contributed by atoms with van der Waals surface area (Å²) in [6.45, 7) is 0. The van der Waals surface area contributed by atoms with E-state index in [9.17, 15) is 0 Å². The summed E-state index contributed by atoms with van der Waals surface area (Å²) in [4.78, 5) is 9.13. The Hall–Kier alpha value is -2.46. The maximum absolute atomic E-state index is 6.15. The number of fused-ring (bicyclic) bond motifs is 1. The second-order valence-electron chi connectivity index (χ2n) is 5.84. The molecule has 3 aromatic carbocycles. The van der Waals surface area contributed by atoms with Crippen molar-refractivity contribution in [1.82, 2.24) is 4.98 Å². The Labute approximate surface area is 171 Å². The molecule has 132 valence electrons. The number of hydrogen-bond donors (Lipinski definition) is 0. The Morgan fingerprint density at radius 3 is 2.52 bits per heavy atom. The molecule has 0 aliphatic heterocycles. The van der Waals surface area contributed by atoms with Crippen molar-refractivity contribution in [3.8, 4) is 10.6 Å². The van der Waals surface area contributed by atoms with Gasteiger partial charge in [0.15, 0.2) is 0 Å². The van der Waals surface area contributed by atoms with E-state index in [0.29, 0.717) is 10.0 Å². The van der Waals surface area contributed by atoms with Crippen LogP contribution in [0.3, 0.4) is 0 Å². The van der Waals surface area contributed by atoms with E-state index in [0.717, 1.165) is 27.3 Å². The summed E-state index contributed by atoms with van der Waals surface area (Å²) >= 11 is 13.7. The molecule has 1 heterocycles. The number of benzene rings is 3. The third-order valence-corrected chi connectivity index (χ3v) is 5.60. The minimum absolute atomic E-state index is 0.618. The number of aliphatic imine (C=N–C) groups is 1. The van der Waals surface area contributed by atoms with Crippen molar-refractivity contribution in [3.63, 3.8) is 0 Å². The zero-order valence-electron chi connectivity index (χ0n) is 14.1. The van der Waals surface area contributed by atoms with Gasteiger partial charge in [0.25, 0.3) is 0 Å². The van der Waals surface area contributed by atoms with Gasteiger partial charge in [-0.3, -0.25) is 4.99 Å². The molecule has 0 radical (unpaired) electrons. The first-order valence-corrected chi connectivity index (χ1v) is 9.88. The van der Waals surface area contributed by atoms with E-state index in [-0.39, 0.29) is 0 Å². The van der Waals surface area contributed by atoms with Gasteiger partial charge < -0.3 is 0 Å². The lowest BCUT2D eigenvalue weighted by Crippen LogP contribution is -1.76. The Morgan fingerprint density at radius 1 is 0.926 bits per heavy atom. The third-order valence-electron chi connectivity index (χ3n) is 3.96. The second kappa shape index (κ2) is 8.05. The average Bonchev–Trinajstić information content (AvgIpc) is 3.11. The van der Waals surface area contributed by atoms with Crippen molar-refractivity contribution in [3.05, 3.63) is 88.4 Å². The number of para-hydroxylation sites is 1. The van der Waals surface area contributed by atoms with Crippen molar-refractivity contribution in [1.29, 1.82) is 0 Å². The minimum Gasteiger partial charge on any atom is -0.257 e. The molecule has 27 heavy (non-hydrogen) atoms. The highest BCUT2D eigenvalue weighted by molar-refractivity contribution is 7.21. The van der Waals surface area contributed by atoms with E-state index in [4.69, 9.17) is 23.2 Å². The molecule has 0 atom stereocenters. The number of allylic oxidation sites excluding steroid dienone is 1. The SMILES string of the molecule is Clc1ccc(/C=C/C=Nc2ccc(-c3nc4ccccc4s3)cc2)c(Cl)c1. The molecule has 0 saturated carbocycles. The molecule has 0 aliphatic carbocycles.